The summed E-state index contributed by atoms with van der Waals surface area (Å²) in [7, 11) is 1.71. The number of hydrogen-bond donors (Lipinski definition) is 2. The van der Waals surface area contributed by atoms with Gasteiger partial charge in [-0.1, -0.05) is 13.3 Å². The maximum atomic E-state index is 5.02. The van der Waals surface area contributed by atoms with Crippen LogP contribution in [0, 0.1) is 5.41 Å². The summed E-state index contributed by atoms with van der Waals surface area (Å²) in [6.07, 6.45) is 5.29. The van der Waals surface area contributed by atoms with Gasteiger partial charge < -0.3 is 15.4 Å². The Hall–Kier alpha value is -0.770. The Morgan fingerprint density at radius 3 is 2.53 bits per heavy atom. The van der Waals surface area contributed by atoms with Gasteiger partial charge in [0, 0.05) is 26.7 Å². The van der Waals surface area contributed by atoms with Gasteiger partial charge in [-0.2, -0.15) is 0 Å². The highest BCUT2D eigenvalue weighted by Gasteiger charge is 2.34. The zero-order chi connectivity index (χ0) is 12.6. The quantitative estimate of drug-likeness (QED) is 0.406. The summed E-state index contributed by atoms with van der Waals surface area (Å²) in [5, 5.41) is 6.55. The molecule has 1 rings (SSSR count). The van der Waals surface area contributed by atoms with Gasteiger partial charge in [0.25, 0.3) is 0 Å². The Balaban J connectivity index is 2.39. The van der Waals surface area contributed by atoms with Gasteiger partial charge in [-0.25, -0.2) is 0 Å². The molecule has 0 amide bonds. The summed E-state index contributed by atoms with van der Waals surface area (Å²) in [4.78, 5) is 4.69. The van der Waals surface area contributed by atoms with E-state index in [1.54, 1.807) is 7.11 Å². The number of nitrogens with zero attached hydrogens (tertiary/aromatic N) is 1. The Labute approximate surface area is 105 Å². The van der Waals surface area contributed by atoms with E-state index in [0.717, 1.165) is 25.6 Å². The van der Waals surface area contributed by atoms with Crippen LogP contribution in [-0.2, 0) is 4.74 Å². The smallest absolute Gasteiger partial charge is 0.191 e. The summed E-state index contributed by atoms with van der Waals surface area (Å²) in [6.45, 7) is 7.74. The van der Waals surface area contributed by atoms with Gasteiger partial charge in [-0.3, -0.25) is 4.99 Å². The van der Waals surface area contributed by atoms with E-state index >= 15 is 0 Å². The molecule has 0 aliphatic heterocycles. The maximum absolute atomic E-state index is 5.02. The molecule has 0 aromatic rings. The van der Waals surface area contributed by atoms with E-state index in [9.17, 15) is 0 Å². The van der Waals surface area contributed by atoms with Gasteiger partial charge in [0.1, 0.15) is 0 Å². The molecule has 0 spiro atoms. The second kappa shape index (κ2) is 7.54. The predicted octanol–water partition coefficient (Wildman–Crippen LogP) is 1.77. The first kappa shape index (κ1) is 14.3. The number of aliphatic imine (C=N–C) groups is 1. The first-order chi connectivity index (χ1) is 8.26. The normalized spacial score (nSPS) is 18.6. The fraction of sp³-hybridized carbons (Fsp3) is 0.923. The van der Waals surface area contributed by atoms with Gasteiger partial charge >= 0.3 is 0 Å². The zero-order valence-corrected chi connectivity index (χ0v) is 11.5. The third-order valence-electron chi connectivity index (χ3n) is 3.68. The van der Waals surface area contributed by atoms with E-state index in [4.69, 9.17) is 4.74 Å². The molecule has 0 aromatic heterocycles. The molecule has 4 nitrogen and oxygen atoms in total. The predicted molar refractivity (Wildman–Crippen MR) is 72.4 cm³/mol. The molecule has 0 unspecified atom stereocenters. The van der Waals surface area contributed by atoms with Crippen molar-refractivity contribution in [2.75, 3.05) is 33.4 Å². The molecule has 1 aliphatic carbocycles. The third-order valence-corrected chi connectivity index (χ3v) is 3.68. The van der Waals surface area contributed by atoms with Crippen LogP contribution in [0.2, 0.25) is 0 Å². The molecule has 0 atom stereocenters. The van der Waals surface area contributed by atoms with E-state index in [1.807, 2.05) is 0 Å². The number of rotatable bonds is 7. The standard InChI is InChI=1S/C13H27N3O/c1-4-13(7-6-8-13)11-16-12(14-5-2)15-9-10-17-3/h4-11H2,1-3H3,(H2,14,15,16). The second-order valence-corrected chi connectivity index (χ2v) is 4.82. The topological polar surface area (TPSA) is 45.7 Å². The summed E-state index contributed by atoms with van der Waals surface area (Å²) in [5.41, 5.74) is 0.490. The van der Waals surface area contributed by atoms with Crippen LogP contribution in [0.3, 0.4) is 0 Å². The van der Waals surface area contributed by atoms with E-state index in [2.05, 4.69) is 29.5 Å². The number of ether oxygens (including phenoxy) is 1. The molecule has 0 heterocycles. The average Bonchev–Trinajstić information content (AvgIpc) is 2.28. The van der Waals surface area contributed by atoms with E-state index in [0.29, 0.717) is 12.0 Å². The van der Waals surface area contributed by atoms with Crippen LogP contribution in [-0.4, -0.2) is 39.3 Å². The molecular weight excluding hydrogens is 214 g/mol. The van der Waals surface area contributed by atoms with Crippen molar-refractivity contribution in [3.8, 4) is 0 Å². The Kier molecular flexibility index (Phi) is 6.34. The number of guanidine groups is 1. The van der Waals surface area contributed by atoms with Crippen LogP contribution >= 0.6 is 0 Å². The van der Waals surface area contributed by atoms with Crippen molar-refractivity contribution in [1.82, 2.24) is 10.6 Å². The number of hydrogen-bond acceptors (Lipinski definition) is 2. The van der Waals surface area contributed by atoms with Gasteiger partial charge in [-0.15, -0.1) is 0 Å². The minimum absolute atomic E-state index is 0.490. The van der Waals surface area contributed by atoms with Crippen molar-refractivity contribution in [3.63, 3.8) is 0 Å². The van der Waals surface area contributed by atoms with Crippen molar-refractivity contribution < 1.29 is 4.74 Å². The first-order valence-electron chi connectivity index (χ1n) is 6.77. The molecule has 0 bridgehead atoms. The Morgan fingerprint density at radius 2 is 2.06 bits per heavy atom. The molecule has 1 fully saturated rings. The molecule has 4 heteroatoms. The van der Waals surface area contributed by atoms with Crippen molar-refractivity contribution in [1.29, 1.82) is 0 Å². The fourth-order valence-corrected chi connectivity index (χ4v) is 2.16. The lowest BCUT2D eigenvalue weighted by Crippen LogP contribution is -2.40. The average molecular weight is 241 g/mol. The van der Waals surface area contributed by atoms with Crippen LogP contribution in [0.1, 0.15) is 39.5 Å². The van der Waals surface area contributed by atoms with Crippen molar-refractivity contribution in [3.05, 3.63) is 0 Å². The molecule has 1 aliphatic rings. The van der Waals surface area contributed by atoms with Crippen LogP contribution in [0.5, 0.6) is 0 Å². The zero-order valence-electron chi connectivity index (χ0n) is 11.5. The largest absolute Gasteiger partial charge is 0.383 e. The van der Waals surface area contributed by atoms with Crippen LogP contribution in [0.4, 0.5) is 0 Å². The van der Waals surface area contributed by atoms with E-state index in [1.165, 1.54) is 25.7 Å². The Morgan fingerprint density at radius 1 is 1.29 bits per heavy atom. The van der Waals surface area contributed by atoms with Crippen LogP contribution in [0.15, 0.2) is 4.99 Å². The van der Waals surface area contributed by atoms with Gasteiger partial charge in [0.15, 0.2) is 5.96 Å². The highest BCUT2D eigenvalue weighted by Crippen LogP contribution is 2.43. The Bertz CT molecular complexity index is 231. The highest BCUT2D eigenvalue weighted by molar-refractivity contribution is 5.79. The van der Waals surface area contributed by atoms with E-state index < -0.39 is 0 Å². The molecule has 17 heavy (non-hydrogen) atoms. The van der Waals surface area contributed by atoms with Gasteiger partial charge in [0.05, 0.1) is 6.61 Å². The highest BCUT2D eigenvalue weighted by atomic mass is 16.5. The molecule has 0 radical (unpaired) electrons. The maximum Gasteiger partial charge on any atom is 0.191 e. The van der Waals surface area contributed by atoms with Gasteiger partial charge in [0.2, 0.25) is 0 Å². The third kappa shape index (κ3) is 4.54. The molecule has 0 aromatic carbocycles. The summed E-state index contributed by atoms with van der Waals surface area (Å²) in [5.74, 6) is 0.921. The summed E-state index contributed by atoms with van der Waals surface area (Å²) in [6, 6.07) is 0. The molecule has 1 saturated carbocycles. The lowest BCUT2D eigenvalue weighted by molar-refractivity contribution is 0.139. The lowest BCUT2D eigenvalue weighted by atomic mass is 9.67. The lowest BCUT2D eigenvalue weighted by Gasteiger charge is -2.40. The monoisotopic (exact) mass is 241 g/mol. The van der Waals surface area contributed by atoms with E-state index in [-0.39, 0.29) is 0 Å². The fourth-order valence-electron chi connectivity index (χ4n) is 2.16. The second-order valence-electron chi connectivity index (χ2n) is 4.82. The summed E-state index contributed by atoms with van der Waals surface area (Å²) >= 11 is 0. The first-order valence-corrected chi connectivity index (χ1v) is 6.77. The summed E-state index contributed by atoms with van der Waals surface area (Å²) < 4.78 is 5.02. The minimum Gasteiger partial charge on any atom is -0.383 e. The molecule has 2 N–H and O–H groups in total. The molecule has 0 saturated heterocycles. The SMILES string of the molecule is CCNC(=NCC1(CC)CCC1)NCCOC. The number of methoxy groups -OCH3 is 1. The van der Waals surface area contributed by atoms with Crippen LogP contribution in [0.25, 0.3) is 0 Å². The molecule has 100 valence electrons. The minimum atomic E-state index is 0.490. The van der Waals surface area contributed by atoms with Gasteiger partial charge in [-0.05, 0) is 31.6 Å². The van der Waals surface area contributed by atoms with Crippen LogP contribution < -0.4 is 10.6 Å². The number of nitrogens with one attached hydrogen (secondary N) is 2. The van der Waals surface area contributed by atoms with Crippen molar-refractivity contribution >= 4 is 5.96 Å². The van der Waals surface area contributed by atoms with Crippen molar-refractivity contribution in [2.24, 2.45) is 10.4 Å². The van der Waals surface area contributed by atoms with Crippen molar-refractivity contribution in [2.45, 2.75) is 39.5 Å². The molecular formula is C13H27N3O.